The smallest absolute Gasteiger partial charge is 0.407 e. The number of carbonyl (C=O) groups excluding carboxylic acids is 2. The van der Waals surface area contributed by atoms with E-state index in [0.29, 0.717) is 12.8 Å². The summed E-state index contributed by atoms with van der Waals surface area (Å²) in [5.74, 6) is -1.03. The number of nitrogens with zero attached hydrogens (tertiary/aromatic N) is 1. The van der Waals surface area contributed by atoms with Crippen molar-refractivity contribution < 1.29 is 24.2 Å². The van der Waals surface area contributed by atoms with Crippen LogP contribution in [0.1, 0.15) is 43.2 Å². The number of likely N-dealkylation sites (tertiary alicyclic amines) is 1. The summed E-state index contributed by atoms with van der Waals surface area (Å²) in [6.07, 6.45) is 1.09. The van der Waals surface area contributed by atoms with Gasteiger partial charge in [0.25, 0.3) is 0 Å². The van der Waals surface area contributed by atoms with Crippen molar-refractivity contribution in [3.05, 3.63) is 59.7 Å². The predicted octanol–water partition coefficient (Wildman–Crippen LogP) is 3.38. The summed E-state index contributed by atoms with van der Waals surface area (Å²) >= 11 is 0. The van der Waals surface area contributed by atoms with Gasteiger partial charge in [0, 0.05) is 19.0 Å². The minimum absolute atomic E-state index is 0.0141. The fourth-order valence-corrected chi connectivity index (χ4v) is 4.86. The van der Waals surface area contributed by atoms with Crippen molar-refractivity contribution >= 4 is 18.0 Å². The molecule has 2 aromatic rings. The average Bonchev–Trinajstić information content (AvgIpc) is 3.42. The molecule has 0 bridgehead atoms. The third-order valence-corrected chi connectivity index (χ3v) is 7.00. The van der Waals surface area contributed by atoms with E-state index in [1.54, 1.807) is 11.8 Å². The highest BCUT2D eigenvalue weighted by atomic mass is 16.5. The number of alkyl carbamates (subject to hydrolysis) is 1. The molecule has 3 aliphatic rings. The fraction of sp³-hybridized carbons (Fsp3) is 0.400. The number of aliphatic carboxylic acids is 1. The van der Waals surface area contributed by atoms with Gasteiger partial charge >= 0.3 is 12.1 Å². The van der Waals surface area contributed by atoms with Crippen LogP contribution < -0.4 is 5.32 Å². The van der Waals surface area contributed by atoms with Gasteiger partial charge in [-0.3, -0.25) is 9.59 Å². The Hall–Kier alpha value is -3.35. The summed E-state index contributed by atoms with van der Waals surface area (Å²) in [4.78, 5) is 37.9. The number of amides is 2. The molecular weight excluding hydrogens is 408 g/mol. The third-order valence-electron chi connectivity index (χ3n) is 7.00. The topological polar surface area (TPSA) is 95.9 Å². The summed E-state index contributed by atoms with van der Waals surface area (Å²) in [6.45, 7) is 2.29. The largest absolute Gasteiger partial charge is 0.481 e. The van der Waals surface area contributed by atoms with Crippen LogP contribution in [0.5, 0.6) is 0 Å². The molecule has 166 valence electrons. The van der Waals surface area contributed by atoms with Gasteiger partial charge in [-0.05, 0) is 42.0 Å². The first-order chi connectivity index (χ1) is 15.3. The van der Waals surface area contributed by atoms with Crippen LogP contribution in [0.2, 0.25) is 0 Å². The molecule has 2 amide bonds. The van der Waals surface area contributed by atoms with Crippen molar-refractivity contribution in [3.8, 4) is 11.1 Å². The number of fused-ring (bicyclic) bond motifs is 3. The molecule has 2 N–H and O–H groups in total. The number of rotatable bonds is 6. The maximum atomic E-state index is 12.6. The number of ether oxygens (including phenoxy) is 1. The van der Waals surface area contributed by atoms with E-state index in [-0.39, 0.29) is 37.9 Å². The molecule has 1 saturated carbocycles. The third kappa shape index (κ3) is 3.51. The summed E-state index contributed by atoms with van der Waals surface area (Å²) in [5, 5.41) is 12.1. The van der Waals surface area contributed by atoms with Gasteiger partial charge in [-0.25, -0.2) is 4.79 Å². The molecule has 1 aliphatic heterocycles. The number of carbonyl (C=O) groups is 3. The van der Waals surface area contributed by atoms with Crippen LogP contribution in [0.25, 0.3) is 11.1 Å². The van der Waals surface area contributed by atoms with E-state index < -0.39 is 23.0 Å². The Kier molecular flexibility index (Phi) is 4.73. The lowest BCUT2D eigenvalue weighted by molar-refractivity contribution is -0.164. The Labute approximate surface area is 186 Å². The van der Waals surface area contributed by atoms with Crippen LogP contribution in [0.15, 0.2) is 48.5 Å². The van der Waals surface area contributed by atoms with Crippen molar-refractivity contribution in [2.24, 2.45) is 5.41 Å². The fourth-order valence-electron chi connectivity index (χ4n) is 4.86. The standard InChI is InChI=1S/C25H26N2O5/c1-24(22(29)30)14-27(15-24)21(28)12-25(10-11-25)26-23(31)32-13-20-18-8-4-2-6-16(18)17-7-3-5-9-19(17)20/h2-9,20H,10-15H2,1H3,(H,26,31)(H,29,30). The average molecular weight is 434 g/mol. The van der Waals surface area contributed by atoms with Crippen LogP contribution in [-0.4, -0.2) is 53.2 Å². The number of carboxylic acid groups (broad SMARTS) is 1. The Bertz CT molecular complexity index is 1060. The second kappa shape index (κ2) is 7.36. The lowest BCUT2D eigenvalue weighted by Crippen LogP contribution is -2.61. The SMILES string of the molecule is CC1(C(=O)O)CN(C(=O)CC2(NC(=O)OCC3c4ccccc4-c4ccccc43)CC2)C1. The summed E-state index contributed by atoms with van der Waals surface area (Å²) < 4.78 is 5.61. The first kappa shape index (κ1) is 20.5. The van der Waals surface area contributed by atoms with Gasteiger partial charge in [-0.1, -0.05) is 48.5 Å². The highest BCUT2D eigenvalue weighted by molar-refractivity contribution is 5.85. The van der Waals surface area contributed by atoms with Crippen molar-refractivity contribution in [1.29, 1.82) is 0 Å². The first-order valence-corrected chi connectivity index (χ1v) is 10.9. The quantitative estimate of drug-likeness (QED) is 0.727. The van der Waals surface area contributed by atoms with E-state index in [1.807, 2.05) is 24.3 Å². The highest BCUT2D eigenvalue weighted by Gasteiger charge is 2.51. The molecule has 1 saturated heterocycles. The summed E-state index contributed by atoms with van der Waals surface area (Å²) in [6, 6.07) is 16.3. The van der Waals surface area contributed by atoms with Crippen molar-refractivity contribution in [1.82, 2.24) is 10.2 Å². The second-order valence-electron chi connectivity index (χ2n) is 9.52. The number of hydrogen-bond acceptors (Lipinski definition) is 4. The normalized spacial score (nSPS) is 19.3. The predicted molar refractivity (Wildman–Crippen MR) is 117 cm³/mol. The monoisotopic (exact) mass is 434 g/mol. The first-order valence-electron chi connectivity index (χ1n) is 10.9. The van der Waals surface area contributed by atoms with Gasteiger partial charge in [-0.2, -0.15) is 0 Å². The lowest BCUT2D eigenvalue weighted by atomic mass is 9.81. The zero-order valence-electron chi connectivity index (χ0n) is 18.0. The van der Waals surface area contributed by atoms with Gasteiger partial charge in [0.2, 0.25) is 5.91 Å². The summed E-state index contributed by atoms with van der Waals surface area (Å²) in [5.41, 5.74) is 3.20. The van der Waals surface area contributed by atoms with E-state index >= 15 is 0 Å². The molecule has 5 rings (SSSR count). The Morgan fingerprint density at radius 2 is 1.59 bits per heavy atom. The maximum absolute atomic E-state index is 12.6. The molecule has 1 heterocycles. The van der Waals surface area contributed by atoms with Gasteiger partial charge in [0.1, 0.15) is 6.61 Å². The second-order valence-corrected chi connectivity index (χ2v) is 9.52. The van der Waals surface area contributed by atoms with Crippen molar-refractivity contribution in [2.75, 3.05) is 19.7 Å². The Morgan fingerprint density at radius 3 is 2.12 bits per heavy atom. The molecule has 7 nitrogen and oxygen atoms in total. The minimum atomic E-state index is -0.889. The highest BCUT2D eigenvalue weighted by Crippen LogP contribution is 2.45. The molecule has 0 atom stereocenters. The molecule has 0 aromatic heterocycles. The van der Waals surface area contributed by atoms with Gasteiger partial charge < -0.3 is 20.1 Å². The van der Waals surface area contributed by atoms with E-state index in [9.17, 15) is 19.5 Å². The number of benzene rings is 2. The zero-order chi connectivity index (χ0) is 22.5. The zero-order valence-corrected chi connectivity index (χ0v) is 18.0. The molecule has 32 heavy (non-hydrogen) atoms. The molecule has 2 fully saturated rings. The Morgan fingerprint density at radius 1 is 1.03 bits per heavy atom. The minimum Gasteiger partial charge on any atom is -0.481 e. The molecule has 0 spiro atoms. The maximum Gasteiger partial charge on any atom is 0.407 e. The number of hydrogen-bond donors (Lipinski definition) is 2. The van der Waals surface area contributed by atoms with E-state index in [4.69, 9.17) is 4.74 Å². The van der Waals surface area contributed by atoms with E-state index in [1.165, 1.54) is 11.1 Å². The van der Waals surface area contributed by atoms with Gasteiger partial charge in [0.05, 0.1) is 17.4 Å². The van der Waals surface area contributed by atoms with Crippen LogP contribution in [0.4, 0.5) is 4.79 Å². The summed E-state index contributed by atoms with van der Waals surface area (Å²) in [7, 11) is 0. The lowest BCUT2D eigenvalue weighted by Gasteiger charge is -2.45. The van der Waals surface area contributed by atoms with Crippen LogP contribution >= 0.6 is 0 Å². The van der Waals surface area contributed by atoms with Crippen LogP contribution in [0, 0.1) is 5.41 Å². The van der Waals surface area contributed by atoms with Crippen LogP contribution in [-0.2, 0) is 14.3 Å². The number of nitrogens with one attached hydrogen (secondary N) is 1. The van der Waals surface area contributed by atoms with Crippen molar-refractivity contribution in [2.45, 2.75) is 37.6 Å². The number of carboxylic acids is 1. The molecule has 2 aliphatic carbocycles. The van der Waals surface area contributed by atoms with Gasteiger partial charge in [0.15, 0.2) is 0 Å². The molecule has 0 radical (unpaired) electrons. The van der Waals surface area contributed by atoms with E-state index in [2.05, 4.69) is 29.6 Å². The molecule has 0 unspecified atom stereocenters. The van der Waals surface area contributed by atoms with Crippen LogP contribution in [0.3, 0.4) is 0 Å². The molecular formula is C25H26N2O5. The molecule has 2 aromatic carbocycles. The van der Waals surface area contributed by atoms with E-state index in [0.717, 1.165) is 11.1 Å². The Balaban J connectivity index is 1.17. The van der Waals surface area contributed by atoms with Crippen molar-refractivity contribution in [3.63, 3.8) is 0 Å². The molecule has 7 heteroatoms. The van der Waals surface area contributed by atoms with Gasteiger partial charge in [-0.15, -0.1) is 0 Å².